The summed E-state index contributed by atoms with van der Waals surface area (Å²) in [5.41, 5.74) is 8.19. The van der Waals surface area contributed by atoms with E-state index in [0.29, 0.717) is 13.1 Å². The molecule has 2 amide bonds. The van der Waals surface area contributed by atoms with Crippen molar-refractivity contribution < 1.29 is 9.59 Å². The van der Waals surface area contributed by atoms with Crippen molar-refractivity contribution in [1.82, 2.24) is 34.6 Å². The zero-order chi connectivity index (χ0) is 41.0. The van der Waals surface area contributed by atoms with Crippen LogP contribution in [0.1, 0.15) is 86.7 Å². The number of imidazole rings is 2. The molecule has 3 heterocycles. The maximum absolute atomic E-state index is 14.1. The third-order valence-corrected chi connectivity index (χ3v) is 11.0. The number of rotatable bonds is 14. The van der Waals surface area contributed by atoms with Gasteiger partial charge in [-0.3, -0.25) is 14.5 Å². The molecule has 7 rings (SSSR count). The number of likely N-dealkylation sites (tertiary alicyclic amines) is 1. The maximum atomic E-state index is 14.1. The molecule has 58 heavy (non-hydrogen) atoms. The number of aromatic nitrogens is 4. The van der Waals surface area contributed by atoms with Crippen LogP contribution in [0.4, 0.5) is 0 Å². The van der Waals surface area contributed by atoms with Crippen LogP contribution < -0.4 is 0 Å². The number of carbonyl (C=O) groups excluding carboxylic acids is 2. The van der Waals surface area contributed by atoms with E-state index in [2.05, 4.69) is 83.3 Å². The second-order valence-corrected chi connectivity index (χ2v) is 15.1. The van der Waals surface area contributed by atoms with Crippen molar-refractivity contribution in [3.05, 3.63) is 144 Å². The fraction of sp³-hybridized carbons (Fsp3) is 0.306. The number of benzene rings is 4. The molecular weight excluding hydrogens is 719 g/mol. The summed E-state index contributed by atoms with van der Waals surface area (Å²) in [7, 11) is 3.93. The summed E-state index contributed by atoms with van der Waals surface area (Å²) >= 11 is 0. The number of unbranched alkanes of at least 4 members (excludes halogenated alkanes) is 1. The van der Waals surface area contributed by atoms with Gasteiger partial charge >= 0.3 is 0 Å². The lowest BCUT2D eigenvalue weighted by Crippen LogP contribution is -2.45. The van der Waals surface area contributed by atoms with Crippen molar-refractivity contribution in [2.45, 2.75) is 70.5 Å². The summed E-state index contributed by atoms with van der Waals surface area (Å²) in [5.74, 6) is 1.63. The molecule has 6 aromatic rings. The number of likely N-dealkylation sites (N-methyl/N-ethyl adjacent to an activating group) is 1. The highest BCUT2D eigenvalue weighted by atomic mass is 16.2. The van der Waals surface area contributed by atoms with Crippen LogP contribution in [0.3, 0.4) is 0 Å². The van der Waals surface area contributed by atoms with Gasteiger partial charge in [-0.15, -0.1) is 12.8 Å². The van der Waals surface area contributed by atoms with E-state index in [9.17, 15) is 9.59 Å². The van der Waals surface area contributed by atoms with E-state index in [1.165, 1.54) is 0 Å². The Morgan fingerprint density at radius 2 is 1.31 bits per heavy atom. The SMILES string of the molecule is C#C.CCCCN(Cc1ncc(-c2ccc(-c3ccc(-c4cnc([C@@H]5CCCCN5C(=O)[C@@H](c5ccccc5)N(C)C)[nH]4)cc3)cc2)[nH]1)C(=O)[C@H](C)c1ccccc1. The Morgan fingerprint density at radius 1 is 0.759 bits per heavy atom. The lowest BCUT2D eigenvalue weighted by molar-refractivity contribution is -0.140. The van der Waals surface area contributed by atoms with E-state index < -0.39 is 0 Å². The molecule has 1 aliphatic rings. The minimum atomic E-state index is -0.345. The van der Waals surface area contributed by atoms with Gasteiger partial charge in [-0.05, 0) is 80.1 Å². The van der Waals surface area contributed by atoms with Crippen LogP contribution in [0, 0.1) is 12.8 Å². The highest BCUT2D eigenvalue weighted by Gasteiger charge is 2.35. The van der Waals surface area contributed by atoms with Crippen LogP contribution in [-0.2, 0) is 16.1 Å². The van der Waals surface area contributed by atoms with Crippen LogP contribution in [0.2, 0.25) is 0 Å². The molecule has 9 nitrogen and oxygen atoms in total. The monoisotopic (exact) mass is 773 g/mol. The van der Waals surface area contributed by atoms with Gasteiger partial charge in [0.25, 0.3) is 0 Å². The standard InChI is InChI=1S/C47H53N7O2.C2H2/c1-5-6-28-53(46(55)33(2)34-15-9-7-10-16-34)32-43-48-30-40(50-43)37-24-20-35(21-25-37)36-22-26-38(27-23-36)41-31-49-45(51-41)42-19-13-14-29-54(42)47(56)44(52(3)4)39-17-11-8-12-18-39;1-2/h7-12,15-18,20-27,30-31,33,42,44H,5-6,13-14,19,28-29,32H2,1-4H3,(H,48,50)(H,49,51);1-2H/t33-,42+,44-;/m1./s1. The number of hydrogen-bond acceptors (Lipinski definition) is 5. The Bertz CT molecular complexity index is 2220. The number of nitrogens with zero attached hydrogens (tertiary/aromatic N) is 5. The zero-order valence-corrected chi connectivity index (χ0v) is 34.1. The van der Waals surface area contributed by atoms with Gasteiger partial charge in [-0.1, -0.05) is 123 Å². The Labute approximate surface area is 343 Å². The third-order valence-electron chi connectivity index (χ3n) is 11.0. The topological polar surface area (TPSA) is 101 Å². The summed E-state index contributed by atoms with van der Waals surface area (Å²) < 4.78 is 0. The average molecular weight is 774 g/mol. The number of H-pyrrole nitrogens is 2. The highest BCUT2D eigenvalue weighted by Crippen LogP contribution is 2.35. The summed E-state index contributed by atoms with van der Waals surface area (Å²) in [6.07, 6.45) is 16.6. The molecule has 2 aromatic heterocycles. The molecule has 9 heteroatoms. The molecule has 4 aromatic carbocycles. The molecule has 0 bridgehead atoms. The number of carbonyl (C=O) groups is 2. The first-order chi connectivity index (χ1) is 28.3. The summed E-state index contributed by atoms with van der Waals surface area (Å²) in [4.78, 5) is 50.1. The van der Waals surface area contributed by atoms with Gasteiger partial charge in [0.05, 0.1) is 42.3 Å². The predicted molar refractivity (Wildman–Crippen MR) is 233 cm³/mol. The van der Waals surface area contributed by atoms with Gasteiger partial charge in [-0.2, -0.15) is 0 Å². The number of terminal acetylenes is 1. The third kappa shape index (κ3) is 9.64. The average Bonchev–Trinajstić information content (AvgIpc) is 3.97. The second kappa shape index (κ2) is 19.8. The molecule has 298 valence electrons. The minimum Gasteiger partial charge on any atom is -0.341 e. The van der Waals surface area contributed by atoms with E-state index in [4.69, 9.17) is 4.98 Å². The number of piperidine rings is 1. The van der Waals surface area contributed by atoms with Crippen LogP contribution in [0.5, 0.6) is 0 Å². The summed E-state index contributed by atoms with van der Waals surface area (Å²) in [6.45, 7) is 5.99. The maximum Gasteiger partial charge on any atom is 0.245 e. The van der Waals surface area contributed by atoms with Crippen LogP contribution in [0.15, 0.2) is 122 Å². The Balaban J connectivity index is 0.00000279. The van der Waals surface area contributed by atoms with Crippen molar-refractivity contribution in [2.75, 3.05) is 27.2 Å². The largest absolute Gasteiger partial charge is 0.341 e. The summed E-state index contributed by atoms with van der Waals surface area (Å²) in [5, 5.41) is 0. The molecule has 0 radical (unpaired) electrons. The molecule has 0 aliphatic carbocycles. The molecule has 0 unspecified atom stereocenters. The smallest absolute Gasteiger partial charge is 0.245 e. The lowest BCUT2D eigenvalue weighted by Gasteiger charge is -2.38. The van der Waals surface area contributed by atoms with Gasteiger partial charge in [0.2, 0.25) is 11.8 Å². The molecule has 0 saturated carbocycles. The van der Waals surface area contributed by atoms with E-state index in [1.54, 1.807) is 0 Å². The fourth-order valence-corrected chi connectivity index (χ4v) is 7.82. The van der Waals surface area contributed by atoms with Crippen LogP contribution >= 0.6 is 0 Å². The Kier molecular flexibility index (Phi) is 14.1. The molecule has 1 fully saturated rings. The zero-order valence-electron chi connectivity index (χ0n) is 34.1. The predicted octanol–water partition coefficient (Wildman–Crippen LogP) is 9.67. The van der Waals surface area contributed by atoms with Crippen LogP contribution in [-0.4, -0.2) is 73.6 Å². The molecule has 1 aliphatic heterocycles. The number of aromatic amines is 2. The van der Waals surface area contributed by atoms with Crippen molar-refractivity contribution in [3.8, 4) is 46.5 Å². The molecule has 3 atom stereocenters. The van der Waals surface area contributed by atoms with Crippen molar-refractivity contribution >= 4 is 11.8 Å². The van der Waals surface area contributed by atoms with E-state index in [-0.39, 0.29) is 29.8 Å². The Morgan fingerprint density at radius 3 is 1.90 bits per heavy atom. The van der Waals surface area contributed by atoms with Crippen molar-refractivity contribution in [1.29, 1.82) is 0 Å². The van der Waals surface area contributed by atoms with Crippen molar-refractivity contribution in [3.63, 3.8) is 0 Å². The van der Waals surface area contributed by atoms with Gasteiger partial charge in [0.15, 0.2) is 0 Å². The van der Waals surface area contributed by atoms with Crippen molar-refractivity contribution in [2.24, 2.45) is 0 Å². The van der Waals surface area contributed by atoms with Gasteiger partial charge in [-0.25, -0.2) is 9.97 Å². The molecule has 1 saturated heterocycles. The second-order valence-electron chi connectivity index (χ2n) is 15.1. The van der Waals surface area contributed by atoms with E-state index in [0.717, 1.165) is 95.1 Å². The minimum absolute atomic E-state index is 0.0919. The molecule has 2 N–H and O–H groups in total. The Hall–Kier alpha value is -6.24. The number of hydrogen-bond donors (Lipinski definition) is 2. The van der Waals surface area contributed by atoms with Gasteiger partial charge in [0, 0.05) is 13.1 Å². The molecular formula is C49H55N7O2. The van der Waals surface area contributed by atoms with Crippen LogP contribution in [0.25, 0.3) is 33.6 Å². The first-order valence-electron chi connectivity index (χ1n) is 20.3. The fourth-order valence-electron chi connectivity index (χ4n) is 7.82. The lowest BCUT2D eigenvalue weighted by atomic mass is 9.97. The normalized spacial score (nSPS) is 14.9. The molecule has 0 spiro atoms. The van der Waals surface area contributed by atoms with Gasteiger partial charge in [0.1, 0.15) is 17.7 Å². The van der Waals surface area contributed by atoms with E-state index >= 15 is 0 Å². The number of amides is 2. The summed E-state index contributed by atoms with van der Waals surface area (Å²) in [6, 6.07) is 36.5. The number of nitrogens with one attached hydrogen (secondary N) is 2. The first kappa shape index (κ1) is 41.4. The highest BCUT2D eigenvalue weighted by molar-refractivity contribution is 5.84. The first-order valence-corrected chi connectivity index (χ1v) is 20.3. The quantitative estimate of drug-likeness (QED) is 0.107. The van der Waals surface area contributed by atoms with E-state index in [1.807, 2.05) is 109 Å². The van der Waals surface area contributed by atoms with Gasteiger partial charge < -0.3 is 19.8 Å².